The zero-order chi connectivity index (χ0) is 7.98. The Morgan fingerprint density at radius 3 is 2.60 bits per heavy atom. The van der Waals surface area contributed by atoms with Crippen molar-refractivity contribution in [1.29, 1.82) is 0 Å². The molecule has 3 nitrogen and oxygen atoms in total. The molecule has 0 fully saturated rings. The van der Waals surface area contributed by atoms with E-state index in [2.05, 4.69) is 0 Å². The third kappa shape index (κ3) is 5.72. The van der Waals surface area contributed by atoms with Gasteiger partial charge < -0.3 is 4.74 Å². The van der Waals surface area contributed by atoms with Gasteiger partial charge in [0, 0.05) is 6.61 Å². The van der Waals surface area contributed by atoms with Crippen LogP contribution in [-0.2, 0) is 9.53 Å². The van der Waals surface area contributed by atoms with Crippen LogP contribution in [0.4, 0.5) is 0 Å². The lowest BCUT2D eigenvalue weighted by molar-refractivity contribution is -0.119. The van der Waals surface area contributed by atoms with E-state index in [1.165, 1.54) is 0 Å². The van der Waals surface area contributed by atoms with Crippen molar-refractivity contribution in [2.75, 3.05) is 26.9 Å². The summed E-state index contributed by atoms with van der Waals surface area (Å²) in [5.74, 6) is 0.169. The van der Waals surface area contributed by atoms with Crippen molar-refractivity contribution in [1.82, 2.24) is 4.90 Å². The van der Waals surface area contributed by atoms with Crippen molar-refractivity contribution in [3.05, 3.63) is 0 Å². The first kappa shape index (κ1) is 9.59. The van der Waals surface area contributed by atoms with Crippen LogP contribution in [0.15, 0.2) is 0 Å². The predicted octanol–water partition coefficient (Wildman–Crippen LogP) is 0.501. The Kier molecular flexibility index (Phi) is 5.16. The number of hydrogen-bond donors (Lipinski definition) is 0. The molecule has 0 unspecified atom stereocenters. The van der Waals surface area contributed by atoms with E-state index in [0.717, 1.165) is 0 Å². The summed E-state index contributed by atoms with van der Waals surface area (Å²) in [5, 5.41) is 0. The molecule has 0 atom stereocenters. The van der Waals surface area contributed by atoms with Crippen molar-refractivity contribution in [3.63, 3.8) is 0 Å². The molecule has 0 saturated carbocycles. The number of ether oxygens (including phenoxy) is 1. The van der Waals surface area contributed by atoms with E-state index in [1.54, 1.807) is 6.92 Å². The number of ketones is 1. The second-order valence-electron chi connectivity index (χ2n) is 2.34. The topological polar surface area (TPSA) is 29.5 Å². The standard InChI is InChI=1S/C7H15NO2/c1-4-10-6-8(3)5-7(2)9/h4-6H2,1-3H3. The van der Waals surface area contributed by atoms with Crippen LogP contribution in [0.5, 0.6) is 0 Å². The van der Waals surface area contributed by atoms with Gasteiger partial charge in [-0.15, -0.1) is 0 Å². The van der Waals surface area contributed by atoms with Crippen LogP contribution >= 0.6 is 0 Å². The molecular formula is C7H15NO2. The fourth-order valence-electron chi connectivity index (χ4n) is 0.673. The van der Waals surface area contributed by atoms with Crippen LogP contribution in [0.2, 0.25) is 0 Å². The lowest BCUT2D eigenvalue weighted by Crippen LogP contribution is -2.26. The zero-order valence-electron chi connectivity index (χ0n) is 6.89. The maximum absolute atomic E-state index is 10.5. The van der Waals surface area contributed by atoms with Crippen LogP contribution in [0.25, 0.3) is 0 Å². The highest BCUT2D eigenvalue weighted by Gasteiger charge is 1.99. The first-order valence-electron chi connectivity index (χ1n) is 3.42. The lowest BCUT2D eigenvalue weighted by Gasteiger charge is -2.13. The minimum atomic E-state index is 0.169. The highest BCUT2D eigenvalue weighted by Crippen LogP contribution is 1.83. The van der Waals surface area contributed by atoms with Gasteiger partial charge in [-0.2, -0.15) is 0 Å². The summed E-state index contributed by atoms with van der Waals surface area (Å²) >= 11 is 0. The molecule has 0 N–H and O–H groups in total. The van der Waals surface area contributed by atoms with Crippen molar-refractivity contribution < 1.29 is 9.53 Å². The fraction of sp³-hybridized carbons (Fsp3) is 0.857. The lowest BCUT2D eigenvalue weighted by atomic mass is 10.4. The molecule has 0 radical (unpaired) electrons. The smallest absolute Gasteiger partial charge is 0.143 e. The molecule has 0 amide bonds. The second-order valence-corrected chi connectivity index (χ2v) is 2.34. The molecule has 0 aromatic heterocycles. The van der Waals surface area contributed by atoms with Gasteiger partial charge in [0.1, 0.15) is 5.78 Å². The Morgan fingerprint density at radius 2 is 2.20 bits per heavy atom. The number of rotatable bonds is 5. The first-order valence-corrected chi connectivity index (χ1v) is 3.42. The van der Waals surface area contributed by atoms with Crippen LogP contribution in [0.3, 0.4) is 0 Å². The summed E-state index contributed by atoms with van der Waals surface area (Å²) in [7, 11) is 1.86. The van der Waals surface area contributed by atoms with Crippen LogP contribution < -0.4 is 0 Å². The number of hydrogen-bond acceptors (Lipinski definition) is 3. The molecular weight excluding hydrogens is 130 g/mol. The van der Waals surface area contributed by atoms with Gasteiger partial charge in [0.2, 0.25) is 0 Å². The molecule has 0 aromatic rings. The van der Waals surface area contributed by atoms with E-state index in [0.29, 0.717) is 19.9 Å². The maximum Gasteiger partial charge on any atom is 0.143 e. The molecule has 0 bridgehead atoms. The average molecular weight is 145 g/mol. The zero-order valence-corrected chi connectivity index (χ0v) is 6.89. The third-order valence-corrected chi connectivity index (χ3v) is 1.01. The minimum Gasteiger partial charge on any atom is -0.366 e. The monoisotopic (exact) mass is 145 g/mol. The van der Waals surface area contributed by atoms with Crippen molar-refractivity contribution >= 4 is 5.78 Å². The Balaban J connectivity index is 3.25. The second kappa shape index (κ2) is 5.38. The number of nitrogens with zero attached hydrogens (tertiary/aromatic N) is 1. The van der Waals surface area contributed by atoms with Crippen molar-refractivity contribution in [2.45, 2.75) is 13.8 Å². The van der Waals surface area contributed by atoms with E-state index in [-0.39, 0.29) is 5.78 Å². The highest BCUT2D eigenvalue weighted by molar-refractivity contribution is 5.77. The van der Waals surface area contributed by atoms with Gasteiger partial charge >= 0.3 is 0 Å². The molecule has 0 aliphatic heterocycles. The van der Waals surface area contributed by atoms with Crippen LogP contribution in [0.1, 0.15) is 13.8 Å². The fourth-order valence-corrected chi connectivity index (χ4v) is 0.673. The summed E-state index contributed by atoms with van der Waals surface area (Å²) in [4.78, 5) is 12.4. The third-order valence-electron chi connectivity index (χ3n) is 1.01. The number of carbonyl (C=O) groups is 1. The normalized spacial score (nSPS) is 10.4. The van der Waals surface area contributed by atoms with Gasteiger partial charge in [-0.3, -0.25) is 9.69 Å². The Labute approximate surface area is 62.0 Å². The van der Waals surface area contributed by atoms with Gasteiger partial charge in [-0.1, -0.05) is 0 Å². The van der Waals surface area contributed by atoms with Gasteiger partial charge in [-0.05, 0) is 20.9 Å². The molecule has 10 heavy (non-hydrogen) atoms. The summed E-state index contributed by atoms with van der Waals surface area (Å²) in [6, 6.07) is 0. The Morgan fingerprint density at radius 1 is 1.60 bits per heavy atom. The molecule has 0 aliphatic rings. The van der Waals surface area contributed by atoms with Gasteiger partial charge in [0.05, 0.1) is 13.3 Å². The molecule has 60 valence electrons. The minimum absolute atomic E-state index is 0.169. The summed E-state index contributed by atoms with van der Waals surface area (Å²) < 4.78 is 5.07. The number of Topliss-reactive ketones (excluding diaryl/α,β-unsaturated/α-hetero) is 1. The summed E-state index contributed by atoms with van der Waals surface area (Å²) in [5.41, 5.74) is 0. The SMILES string of the molecule is CCOCN(C)CC(C)=O. The molecule has 0 aromatic carbocycles. The molecule has 3 heteroatoms. The van der Waals surface area contributed by atoms with E-state index < -0.39 is 0 Å². The number of likely N-dealkylation sites (N-methyl/N-ethyl adjacent to an activating group) is 1. The largest absolute Gasteiger partial charge is 0.366 e. The molecule has 0 aliphatic carbocycles. The van der Waals surface area contributed by atoms with E-state index in [1.807, 2.05) is 18.9 Å². The predicted molar refractivity (Wildman–Crippen MR) is 39.8 cm³/mol. The van der Waals surface area contributed by atoms with Gasteiger partial charge in [0.25, 0.3) is 0 Å². The van der Waals surface area contributed by atoms with E-state index in [9.17, 15) is 4.79 Å². The molecule has 0 saturated heterocycles. The Bertz CT molecular complexity index is 104. The highest BCUT2D eigenvalue weighted by atomic mass is 16.5. The maximum atomic E-state index is 10.5. The van der Waals surface area contributed by atoms with Crippen LogP contribution in [-0.4, -0.2) is 37.6 Å². The van der Waals surface area contributed by atoms with Crippen LogP contribution in [0, 0.1) is 0 Å². The number of carbonyl (C=O) groups excluding carboxylic acids is 1. The summed E-state index contributed by atoms with van der Waals surface area (Å²) in [6.07, 6.45) is 0. The van der Waals surface area contributed by atoms with E-state index >= 15 is 0 Å². The van der Waals surface area contributed by atoms with Gasteiger partial charge in [0.15, 0.2) is 0 Å². The van der Waals surface area contributed by atoms with E-state index in [4.69, 9.17) is 4.74 Å². The molecule has 0 spiro atoms. The molecule has 0 rings (SSSR count). The quantitative estimate of drug-likeness (QED) is 0.528. The first-order chi connectivity index (χ1) is 4.66. The van der Waals surface area contributed by atoms with Crippen molar-refractivity contribution in [3.8, 4) is 0 Å². The summed E-state index contributed by atoms with van der Waals surface area (Å²) in [6.45, 7) is 5.21. The van der Waals surface area contributed by atoms with Crippen molar-refractivity contribution in [2.24, 2.45) is 0 Å². The molecule has 0 heterocycles. The van der Waals surface area contributed by atoms with Gasteiger partial charge in [-0.25, -0.2) is 0 Å². The Hall–Kier alpha value is -0.410. The average Bonchev–Trinajstić information content (AvgIpc) is 1.82.